The number of anilines is 1. The number of rotatable bonds is 7. The van der Waals surface area contributed by atoms with E-state index in [2.05, 4.69) is 15.8 Å². The summed E-state index contributed by atoms with van der Waals surface area (Å²) in [6, 6.07) is 20.4. The predicted octanol–water partition coefficient (Wildman–Crippen LogP) is 3.70. The fourth-order valence-corrected chi connectivity index (χ4v) is 2.83. The number of hydrogen-bond donors (Lipinski definition) is 2. The van der Waals surface area contributed by atoms with Crippen LogP contribution in [0.3, 0.4) is 0 Å². The number of nitrogens with one attached hydrogen (secondary N) is 2. The number of hydrazone groups is 1. The van der Waals surface area contributed by atoms with Crippen LogP contribution >= 0.6 is 0 Å². The number of amides is 2. The standard InChI is InChI=1S/C25H23N3O5/c1-3-32-20-13-11-19(12-14-20)27-23(29)24(30)28-26-16-18-8-6-9-21(15-18)33-25(31)22-10-5-4-7-17(22)2/h4-16H,3H2,1-2H3,(H,27,29)(H,28,30)/b26-16+. The predicted molar refractivity (Wildman–Crippen MR) is 125 cm³/mol. The molecule has 3 aromatic rings. The molecule has 0 heterocycles. The number of esters is 1. The lowest BCUT2D eigenvalue weighted by atomic mass is 10.1. The van der Waals surface area contributed by atoms with Crippen molar-refractivity contribution in [3.8, 4) is 11.5 Å². The minimum atomic E-state index is -0.928. The fraction of sp³-hybridized carbons (Fsp3) is 0.120. The highest BCUT2D eigenvalue weighted by molar-refractivity contribution is 6.39. The zero-order valence-corrected chi connectivity index (χ0v) is 18.2. The molecule has 168 valence electrons. The van der Waals surface area contributed by atoms with Crippen LogP contribution in [0.2, 0.25) is 0 Å². The molecular weight excluding hydrogens is 422 g/mol. The average Bonchev–Trinajstić information content (AvgIpc) is 2.81. The highest BCUT2D eigenvalue weighted by Gasteiger charge is 2.13. The maximum Gasteiger partial charge on any atom is 0.343 e. The number of ether oxygens (including phenoxy) is 2. The van der Waals surface area contributed by atoms with Gasteiger partial charge in [0.05, 0.1) is 18.4 Å². The van der Waals surface area contributed by atoms with E-state index in [9.17, 15) is 14.4 Å². The smallest absolute Gasteiger partial charge is 0.343 e. The normalized spacial score (nSPS) is 10.5. The minimum absolute atomic E-state index is 0.326. The van der Waals surface area contributed by atoms with Gasteiger partial charge in [0.2, 0.25) is 0 Å². The van der Waals surface area contributed by atoms with E-state index in [1.807, 2.05) is 26.0 Å². The molecule has 0 atom stereocenters. The lowest BCUT2D eigenvalue weighted by Crippen LogP contribution is -2.32. The van der Waals surface area contributed by atoms with Gasteiger partial charge < -0.3 is 14.8 Å². The molecular formula is C25H23N3O5. The summed E-state index contributed by atoms with van der Waals surface area (Å²) >= 11 is 0. The Morgan fingerprint density at radius 3 is 2.39 bits per heavy atom. The first-order valence-electron chi connectivity index (χ1n) is 10.2. The second-order valence-electron chi connectivity index (χ2n) is 6.89. The number of carbonyl (C=O) groups excluding carboxylic acids is 3. The third-order valence-electron chi connectivity index (χ3n) is 4.44. The number of aryl methyl sites for hydroxylation is 1. The Morgan fingerprint density at radius 1 is 0.909 bits per heavy atom. The molecule has 0 unspecified atom stereocenters. The molecule has 2 N–H and O–H groups in total. The van der Waals surface area contributed by atoms with Gasteiger partial charge in [0, 0.05) is 5.69 Å². The van der Waals surface area contributed by atoms with Crippen LogP contribution in [0, 0.1) is 6.92 Å². The number of nitrogens with zero attached hydrogens (tertiary/aromatic N) is 1. The maximum absolute atomic E-state index is 12.4. The van der Waals surface area contributed by atoms with Crippen molar-refractivity contribution in [3.63, 3.8) is 0 Å². The van der Waals surface area contributed by atoms with Gasteiger partial charge in [-0.15, -0.1) is 0 Å². The summed E-state index contributed by atoms with van der Waals surface area (Å²) in [5.41, 5.74) is 4.47. The van der Waals surface area contributed by atoms with Crippen LogP contribution in [0.25, 0.3) is 0 Å². The Kier molecular flexibility index (Phi) is 7.91. The SMILES string of the molecule is CCOc1ccc(NC(=O)C(=O)N/N=C/c2cccc(OC(=O)c3ccccc3C)c2)cc1. The molecule has 3 rings (SSSR count). The molecule has 8 nitrogen and oxygen atoms in total. The topological polar surface area (TPSA) is 106 Å². The fourth-order valence-electron chi connectivity index (χ4n) is 2.83. The zero-order valence-electron chi connectivity index (χ0n) is 18.2. The summed E-state index contributed by atoms with van der Waals surface area (Å²) in [5, 5.41) is 6.26. The van der Waals surface area contributed by atoms with Crippen molar-refractivity contribution in [2.24, 2.45) is 5.10 Å². The molecule has 0 saturated carbocycles. The quantitative estimate of drug-likeness (QED) is 0.190. The first-order valence-corrected chi connectivity index (χ1v) is 10.2. The Bertz CT molecular complexity index is 1170. The lowest BCUT2D eigenvalue weighted by molar-refractivity contribution is -0.136. The second-order valence-corrected chi connectivity index (χ2v) is 6.89. The van der Waals surface area contributed by atoms with E-state index in [0.29, 0.717) is 34.9 Å². The van der Waals surface area contributed by atoms with Crippen LogP contribution in [-0.4, -0.2) is 30.6 Å². The van der Waals surface area contributed by atoms with Gasteiger partial charge in [-0.1, -0.05) is 30.3 Å². The monoisotopic (exact) mass is 445 g/mol. The van der Waals surface area contributed by atoms with Gasteiger partial charge in [-0.2, -0.15) is 5.10 Å². The van der Waals surface area contributed by atoms with E-state index < -0.39 is 17.8 Å². The Morgan fingerprint density at radius 2 is 1.67 bits per heavy atom. The Balaban J connectivity index is 1.54. The number of hydrogen-bond acceptors (Lipinski definition) is 6. The van der Waals surface area contributed by atoms with Crippen molar-refractivity contribution in [1.29, 1.82) is 0 Å². The molecule has 33 heavy (non-hydrogen) atoms. The zero-order chi connectivity index (χ0) is 23.6. The Hall–Kier alpha value is -4.46. The van der Waals surface area contributed by atoms with Crippen LogP contribution in [0.5, 0.6) is 11.5 Å². The van der Waals surface area contributed by atoms with Gasteiger partial charge in [0.1, 0.15) is 11.5 Å². The molecule has 0 fully saturated rings. The highest BCUT2D eigenvalue weighted by Crippen LogP contribution is 2.17. The first-order chi connectivity index (χ1) is 16.0. The van der Waals surface area contributed by atoms with E-state index in [1.165, 1.54) is 6.21 Å². The van der Waals surface area contributed by atoms with Crippen molar-refractivity contribution in [2.45, 2.75) is 13.8 Å². The summed E-state index contributed by atoms with van der Waals surface area (Å²) in [6.45, 7) is 4.23. The van der Waals surface area contributed by atoms with Crippen LogP contribution in [0.15, 0.2) is 77.9 Å². The summed E-state index contributed by atoms with van der Waals surface area (Å²) in [6.07, 6.45) is 1.34. The van der Waals surface area contributed by atoms with Gasteiger partial charge in [-0.3, -0.25) is 9.59 Å². The molecule has 0 aromatic heterocycles. The molecule has 0 radical (unpaired) electrons. The van der Waals surface area contributed by atoms with E-state index in [1.54, 1.807) is 60.7 Å². The molecule has 3 aromatic carbocycles. The van der Waals surface area contributed by atoms with Gasteiger partial charge in [-0.05, 0) is 67.4 Å². The van der Waals surface area contributed by atoms with Crippen molar-refractivity contribution < 1.29 is 23.9 Å². The minimum Gasteiger partial charge on any atom is -0.494 e. The first kappa shape index (κ1) is 23.2. The summed E-state index contributed by atoms with van der Waals surface area (Å²) in [4.78, 5) is 36.4. The van der Waals surface area contributed by atoms with Crippen molar-refractivity contribution in [2.75, 3.05) is 11.9 Å². The molecule has 8 heteroatoms. The van der Waals surface area contributed by atoms with Crippen molar-refractivity contribution >= 4 is 29.7 Å². The van der Waals surface area contributed by atoms with Gasteiger partial charge in [0.25, 0.3) is 0 Å². The number of benzene rings is 3. The van der Waals surface area contributed by atoms with Crippen molar-refractivity contribution in [1.82, 2.24) is 5.43 Å². The lowest BCUT2D eigenvalue weighted by Gasteiger charge is -2.07. The largest absolute Gasteiger partial charge is 0.494 e. The third-order valence-corrected chi connectivity index (χ3v) is 4.44. The van der Waals surface area contributed by atoms with E-state index in [4.69, 9.17) is 9.47 Å². The molecule has 2 amide bonds. The van der Waals surface area contributed by atoms with Gasteiger partial charge in [0.15, 0.2) is 0 Å². The van der Waals surface area contributed by atoms with E-state index >= 15 is 0 Å². The highest BCUT2D eigenvalue weighted by atomic mass is 16.5. The van der Waals surface area contributed by atoms with Gasteiger partial charge >= 0.3 is 17.8 Å². The van der Waals surface area contributed by atoms with Crippen LogP contribution in [0.4, 0.5) is 5.69 Å². The van der Waals surface area contributed by atoms with E-state index in [0.717, 1.165) is 5.56 Å². The summed E-state index contributed by atoms with van der Waals surface area (Å²) < 4.78 is 10.7. The molecule has 0 aliphatic carbocycles. The Labute approximate surface area is 191 Å². The molecule has 0 aliphatic heterocycles. The molecule has 0 saturated heterocycles. The van der Waals surface area contributed by atoms with Crippen LogP contribution < -0.4 is 20.2 Å². The third kappa shape index (κ3) is 6.76. The van der Waals surface area contributed by atoms with E-state index in [-0.39, 0.29) is 0 Å². The van der Waals surface area contributed by atoms with Crippen molar-refractivity contribution in [3.05, 3.63) is 89.5 Å². The molecule has 0 aliphatic rings. The summed E-state index contributed by atoms with van der Waals surface area (Å²) in [5.74, 6) is -1.27. The van der Waals surface area contributed by atoms with Crippen LogP contribution in [-0.2, 0) is 9.59 Å². The average molecular weight is 445 g/mol. The summed E-state index contributed by atoms with van der Waals surface area (Å²) in [7, 11) is 0. The van der Waals surface area contributed by atoms with Gasteiger partial charge in [-0.25, -0.2) is 10.2 Å². The molecule has 0 bridgehead atoms. The second kappa shape index (κ2) is 11.2. The maximum atomic E-state index is 12.4. The molecule has 0 spiro atoms. The number of carbonyl (C=O) groups is 3. The van der Waals surface area contributed by atoms with Crippen LogP contribution in [0.1, 0.15) is 28.4 Å².